The minimum Gasteiger partial charge on any atom is -0.244 e. The molecule has 0 N–H and O–H groups in total. The van der Waals surface area contributed by atoms with E-state index in [4.69, 9.17) is 0 Å². The molecule has 0 amide bonds. The molecule has 117 valence electrons. The Kier molecular flexibility index (Phi) is 4.76. The molecule has 2 aromatic heterocycles. The van der Waals surface area contributed by atoms with Gasteiger partial charge in [0.15, 0.2) is 0 Å². The van der Waals surface area contributed by atoms with E-state index in [-0.39, 0.29) is 20.1 Å². The Morgan fingerprint density at radius 3 is 2.57 bits per heavy atom. The van der Waals surface area contributed by atoms with Crippen LogP contribution in [0.5, 0.6) is 0 Å². The predicted molar refractivity (Wildman–Crippen MR) is 92.6 cm³/mol. The average molecular weight is 496 g/mol. The van der Waals surface area contributed by atoms with Gasteiger partial charge in [0.05, 0.1) is 11.7 Å². The topological polar surface area (TPSA) is 17.8 Å². The third kappa shape index (κ3) is 2.90. The summed E-state index contributed by atoms with van der Waals surface area (Å²) in [7, 11) is 0. The Balaban J connectivity index is 0.00000156. The maximum Gasteiger partial charge on any atom is 0.0731 e. The van der Waals surface area contributed by atoms with Gasteiger partial charge in [0, 0.05) is 30.5 Å². The van der Waals surface area contributed by atoms with Gasteiger partial charge >= 0.3 is 0 Å². The number of thiophene rings is 1. The fourth-order valence-electron chi connectivity index (χ4n) is 2.67. The van der Waals surface area contributed by atoms with E-state index in [9.17, 15) is 0 Å². The summed E-state index contributed by atoms with van der Waals surface area (Å²) in [6, 6.07) is 22.3. The quantitative estimate of drug-likeness (QED) is 0.361. The van der Waals surface area contributed by atoms with Gasteiger partial charge in [-0.25, -0.2) is 22.1 Å². The van der Waals surface area contributed by atoms with Crippen LogP contribution in [0.1, 0.15) is 12.5 Å². The standard InChI is InChI=1S/C19H15N2S.Ir/c1-2-14-12-18(22-19(14)15-8-4-3-5-9-15)21-17-11-7-6-10-16(17)13-20-21;/h3-11,13H,2H2,1H3;/q-1;. The van der Waals surface area contributed by atoms with Crippen molar-refractivity contribution in [2.75, 3.05) is 0 Å². The first-order valence-electron chi connectivity index (χ1n) is 7.40. The largest absolute Gasteiger partial charge is 0.244 e. The number of aryl methyl sites for hydroxylation is 1. The molecule has 0 spiro atoms. The van der Waals surface area contributed by atoms with Gasteiger partial charge in [-0.3, -0.25) is 0 Å². The molecule has 2 aromatic carbocycles. The molecule has 0 aliphatic carbocycles. The predicted octanol–water partition coefficient (Wildman–Crippen LogP) is 5.11. The van der Waals surface area contributed by atoms with Gasteiger partial charge in [0.2, 0.25) is 0 Å². The molecule has 2 heterocycles. The summed E-state index contributed by atoms with van der Waals surface area (Å²) in [4.78, 5) is 1.29. The number of aromatic nitrogens is 2. The number of para-hydroxylation sites is 1. The van der Waals surface area contributed by atoms with Crippen LogP contribution in [0, 0.1) is 6.07 Å². The van der Waals surface area contributed by atoms with E-state index >= 15 is 0 Å². The van der Waals surface area contributed by atoms with Gasteiger partial charge in [0.1, 0.15) is 0 Å². The van der Waals surface area contributed by atoms with Gasteiger partial charge in [0.25, 0.3) is 0 Å². The fourth-order valence-corrected chi connectivity index (χ4v) is 3.84. The molecule has 0 aliphatic heterocycles. The first kappa shape index (κ1) is 16.1. The van der Waals surface area contributed by atoms with Crippen molar-refractivity contribution < 1.29 is 20.1 Å². The van der Waals surface area contributed by atoms with Crippen LogP contribution < -0.4 is 0 Å². The Morgan fingerprint density at radius 2 is 1.78 bits per heavy atom. The van der Waals surface area contributed by atoms with Crippen molar-refractivity contribution in [2.24, 2.45) is 0 Å². The zero-order valence-corrected chi connectivity index (χ0v) is 15.8. The van der Waals surface area contributed by atoms with Crippen molar-refractivity contribution in [1.82, 2.24) is 9.78 Å². The van der Waals surface area contributed by atoms with E-state index in [1.165, 1.54) is 16.0 Å². The van der Waals surface area contributed by atoms with Crippen LogP contribution >= 0.6 is 11.3 Å². The van der Waals surface area contributed by atoms with E-state index in [0.29, 0.717) is 0 Å². The molecular formula is C19H15IrN2S-. The summed E-state index contributed by atoms with van der Waals surface area (Å²) in [5.74, 6) is 0. The summed E-state index contributed by atoms with van der Waals surface area (Å²) in [5, 5.41) is 6.75. The molecule has 1 radical (unpaired) electrons. The molecule has 2 nitrogen and oxygen atoms in total. The van der Waals surface area contributed by atoms with Gasteiger partial charge < -0.3 is 0 Å². The fraction of sp³-hybridized carbons (Fsp3) is 0.105. The van der Waals surface area contributed by atoms with Gasteiger partial charge in [-0.1, -0.05) is 67.4 Å². The van der Waals surface area contributed by atoms with Crippen molar-refractivity contribution in [1.29, 1.82) is 0 Å². The number of benzene rings is 2. The summed E-state index contributed by atoms with van der Waals surface area (Å²) in [5.41, 5.74) is 3.64. The van der Waals surface area contributed by atoms with E-state index in [1.54, 1.807) is 11.3 Å². The molecular weight excluding hydrogens is 481 g/mol. The number of hydrogen-bond acceptors (Lipinski definition) is 2. The van der Waals surface area contributed by atoms with E-state index in [2.05, 4.69) is 54.5 Å². The van der Waals surface area contributed by atoms with Crippen molar-refractivity contribution in [2.45, 2.75) is 13.3 Å². The van der Waals surface area contributed by atoms with Crippen molar-refractivity contribution in [3.8, 4) is 15.4 Å². The summed E-state index contributed by atoms with van der Waals surface area (Å²) < 4.78 is 1.99. The third-order valence-corrected chi connectivity index (χ3v) is 4.94. The van der Waals surface area contributed by atoms with Crippen LogP contribution in [0.15, 0.2) is 60.8 Å². The van der Waals surface area contributed by atoms with Crippen molar-refractivity contribution in [3.63, 3.8) is 0 Å². The van der Waals surface area contributed by atoms with E-state index in [1.807, 2.05) is 29.1 Å². The minimum atomic E-state index is 0. The van der Waals surface area contributed by atoms with Crippen LogP contribution in [-0.2, 0) is 26.5 Å². The van der Waals surface area contributed by atoms with Crippen molar-refractivity contribution >= 4 is 22.2 Å². The number of hydrogen-bond donors (Lipinski definition) is 0. The number of nitrogens with zero attached hydrogens (tertiary/aromatic N) is 2. The minimum absolute atomic E-state index is 0. The Labute approximate surface area is 153 Å². The maximum absolute atomic E-state index is 4.54. The van der Waals surface area contributed by atoms with Crippen LogP contribution in [0.25, 0.3) is 26.3 Å². The molecule has 0 unspecified atom stereocenters. The molecule has 0 fully saturated rings. The zero-order valence-electron chi connectivity index (χ0n) is 12.6. The van der Waals surface area contributed by atoms with Crippen LogP contribution in [0.2, 0.25) is 0 Å². The first-order chi connectivity index (χ1) is 10.9. The second kappa shape index (κ2) is 6.79. The van der Waals surface area contributed by atoms with E-state index < -0.39 is 0 Å². The SMILES string of the molecule is CCc1[c-]c(-n2ncc3ccccc32)sc1-c1ccccc1.[Ir]. The zero-order chi connectivity index (χ0) is 14.9. The van der Waals surface area contributed by atoms with Crippen LogP contribution in [-0.4, -0.2) is 9.78 Å². The molecule has 0 atom stereocenters. The summed E-state index contributed by atoms with van der Waals surface area (Å²) in [6.45, 7) is 2.18. The Hall–Kier alpha value is -1.74. The molecule has 0 aliphatic rings. The Morgan fingerprint density at radius 1 is 1.04 bits per heavy atom. The van der Waals surface area contributed by atoms with Crippen molar-refractivity contribution in [3.05, 3.63) is 72.4 Å². The van der Waals surface area contributed by atoms with E-state index in [0.717, 1.165) is 22.3 Å². The second-order valence-electron chi connectivity index (χ2n) is 5.17. The normalized spacial score (nSPS) is 10.7. The van der Waals surface area contributed by atoms with Gasteiger partial charge in [-0.2, -0.15) is 10.7 Å². The maximum atomic E-state index is 4.54. The van der Waals surface area contributed by atoms with Gasteiger partial charge in [-0.15, -0.1) is 4.88 Å². The Bertz CT molecular complexity index is 925. The van der Waals surface area contributed by atoms with Gasteiger partial charge in [-0.05, 0) is 6.07 Å². The molecule has 0 saturated carbocycles. The summed E-state index contributed by atoms with van der Waals surface area (Å²) in [6.07, 6.45) is 2.89. The molecule has 4 rings (SSSR count). The molecule has 0 saturated heterocycles. The van der Waals surface area contributed by atoms with Crippen LogP contribution in [0.3, 0.4) is 0 Å². The first-order valence-corrected chi connectivity index (χ1v) is 8.22. The van der Waals surface area contributed by atoms with Crippen LogP contribution in [0.4, 0.5) is 0 Å². The monoisotopic (exact) mass is 496 g/mol. The number of rotatable bonds is 3. The molecule has 4 heteroatoms. The summed E-state index contributed by atoms with van der Waals surface area (Å²) >= 11 is 1.75. The molecule has 23 heavy (non-hydrogen) atoms. The molecule has 0 bridgehead atoms. The second-order valence-corrected chi connectivity index (χ2v) is 6.17. The third-order valence-electron chi connectivity index (χ3n) is 3.79. The molecule has 4 aromatic rings. The average Bonchev–Trinajstić information content (AvgIpc) is 3.19. The smallest absolute Gasteiger partial charge is 0.0731 e. The number of fused-ring (bicyclic) bond motifs is 1.